The highest BCUT2D eigenvalue weighted by atomic mass is 35.5. The molecule has 186 valence electrons. The van der Waals surface area contributed by atoms with Gasteiger partial charge in [0.1, 0.15) is 17.2 Å². The van der Waals surface area contributed by atoms with Gasteiger partial charge in [-0.15, -0.1) is 10.2 Å². The molecule has 1 N–H and O–H groups in total. The van der Waals surface area contributed by atoms with Gasteiger partial charge in [-0.25, -0.2) is 9.97 Å². The van der Waals surface area contributed by atoms with Crippen molar-refractivity contribution in [3.05, 3.63) is 100 Å². The van der Waals surface area contributed by atoms with Crippen molar-refractivity contribution < 1.29 is 4.79 Å². The van der Waals surface area contributed by atoms with Crippen molar-refractivity contribution in [3.8, 4) is 22.5 Å². The van der Waals surface area contributed by atoms with Gasteiger partial charge in [0.25, 0.3) is 0 Å². The average molecular weight is 512 g/mol. The number of imidazole rings is 1. The highest BCUT2D eigenvalue weighted by Crippen LogP contribution is 2.30. The maximum Gasteiger partial charge on any atom is 0.230 e. The Kier molecular flexibility index (Phi) is 7.18. The second kappa shape index (κ2) is 10.8. The van der Waals surface area contributed by atoms with Crippen molar-refractivity contribution in [1.29, 1.82) is 0 Å². The minimum absolute atomic E-state index is 0.213. The Morgan fingerprint density at radius 1 is 0.973 bits per heavy atom. The predicted octanol–water partition coefficient (Wildman–Crippen LogP) is 5.71. The number of aryl methyl sites for hydroxylation is 2. The van der Waals surface area contributed by atoms with Crippen LogP contribution in [0.5, 0.6) is 0 Å². The molecule has 2 aromatic carbocycles. The number of benzene rings is 2. The van der Waals surface area contributed by atoms with Crippen LogP contribution in [-0.2, 0) is 13.0 Å². The summed E-state index contributed by atoms with van der Waals surface area (Å²) >= 11 is 6.55. The quantitative estimate of drug-likeness (QED) is 0.254. The van der Waals surface area contributed by atoms with Crippen LogP contribution in [0.25, 0.3) is 22.5 Å². The summed E-state index contributed by atoms with van der Waals surface area (Å²) in [5, 5.41) is 14.7. The molecule has 0 spiro atoms. The molecule has 0 bridgehead atoms. The van der Waals surface area contributed by atoms with E-state index in [9.17, 15) is 4.79 Å². The lowest BCUT2D eigenvalue weighted by Crippen LogP contribution is -2.15. The summed E-state index contributed by atoms with van der Waals surface area (Å²) in [7, 11) is 0. The number of nitrogens with one attached hydrogen (secondary N) is 1. The van der Waals surface area contributed by atoms with Gasteiger partial charge in [0, 0.05) is 24.2 Å². The lowest BCUT2D eigenvalue weighted by atomic mass is 9.98. The Morgan fingerprint density at radius 3 is 2.46 bits per heavy atom. The molecule has 0 aliphatic carbocycles. The van der Waals surface area contributed by atoms with E-state index in [0.29, 0.717) is 23.8 Å². The van der Waals surface area contributed by atoms with Crippen molar-refractivity contribution in [3.63, 3.8) is 0 Å². The normalized spacial score (nSPS) is 11.1. The largest absolute Gasteiger partial charge is 0.319 e. The molecule has 0 aliphatic rings. The molecule has 37 heavy (non-hydrogen) atoms. The topological polar surface area (TPSA) is 102 Å². The highest BCUT2D eigenvalue weighted by Gasteiger charge is 2.24. The number of hydrogen-bond donors (Lipinski definition) is 1. The SMILES string of the molecule is CCCCc1nc(Cl)c(C(=O)c2cccc(C)n2)n1Cc1ccc(-c2ccccc2-c2nn[nH]n2)cc1. The lowest BCUT2D eigenvalue weighted by Gasteiger charge is -2.13. The minimum atomic E-state index is -0.227. The third-order valence-electron chi connectivity index (χ3n) is 6.21. The van der Waals surface area contributed by atoms with E-state index in [2.05, 4.69) is 61.8 Å². The van der Waals surface area contributed by atoms with Crippen LogP contribution < -0.4 is 0 Å². The summed E-state index contributed by atoms with van der Waals surface area (Å²) < 4.78 is 1.94. The van der Waals surface area contributed by atoms with Gasteiger partial charge in [-0.2, -0.15) is 5.21 Å². The molecule has 0 aliphatic heterocycles. The molecule has 0 unspecified atom stereocenters. The smallest absolute Gasteiger partial charge is 0.230 e. The Balaban J connectivity index is 1.49. The van der Waals surface area contributed by atoms with Gasteiger partial charge in [0.2, 0.25) is 11.6 Å². The van der Waals surface area contributed by atoms with Crippen LogP contribution in [-0.4, -0.2) is 40.9 Å². The monoisotopic (exact) mass is 511 g/mol. The molecule has 8 nitrogen and oxygen atoms in total. The summed E-state index contributed by atoms with van der Waals surface area (Å²) in [4.78, 5) is 22.5. The van der Waals surface area contributed by atoms with E-state index in [1.807, 2.05) is 47.9 Å². The molecule has 0 amide bonds. The molecular weight excluding hydrogens is 486 g/mol. The summed E-state index contributed by atoms with van der Waals surface area (Å²) in [6.07, 6.45) is 2.71. The molecule has 0 saturated heterocycles. The second-order valence-electron chi connectivity index (χ2n) is 8.83. The molecule has 3 aromatic heterocycles. The third-order valence-corrected chi connectivity index (χ3v) is 6.48. The molecule has 0 fully saturated rings. The zero-order valence-electron chi connectivity index (χ0n) is 20.6. The van der Waals surface area contributed by atoms with Gasteiger partial charge in [0.05, 0.1) is 0 Å². The van der Waals surface area contributed by atoms with Crippen molar-refractivity contribution in [1.82, 2.24) is 35.2 Å². The minimum Gasteiger partial charge on any atom is -0.319 e. The molecule has 0 radical (unpaired) electrons. The number of hydrogen-bond acceptors (Lipinski definition) is 6. The molecule has 5 rings (SSSR count). The molecule has 5 aromatic rings. The Labute approximate surface area is 219 Å². The van der Waals surface area contributed by atoms with E-state index in [-0.39, 0.29) is 10.9 Å². The van der Waals surface area contributed by atoms with Gasteiger partial charge in [-0.05, 0) is 47.4 Å². The number of tetrazole rings is 1. The van der Waals surface area contributed by atoms with Gasteiger partial charge >= 0.3 is 0 Å². The number of aromatic nitrogens is 7. The number of carbonyl (C=O) groups is 1. The number of pyridine rings is 1. The number of rotatable bonds is 9. The lowest BCUT2D eigenvalue weighted by molar-refractivity contribution is 0.102. The van der Waals surface area contributed by atoms with Gasteiger partial charge in [0.15, 0.2) is 5.15 Å². The fourth-order valence-electron chi connectivity index (χ4n) is 4.35. The van der Waals surface area contributed by atoms with Crippen LogP contribution in [0.4, 0.5) is 0 Å². The number of unbranched alkanes of at least 4 members (excludes halogenated alkanes) is 1. The molecule has 0 atom stereocenters. The first-order chi connectivity index (χ1) is 18.0. The van der Waals surface area contributed by atoms with Crippen molar-refractivity contribution in [2.45, 2.75) is 39.7 Å². The Morgan fingerprint density at radius 2 is 1.76 bits per heavy atom. The molecule has 3 heterocycles. The number of H-pyrrole nitrogens is 1. The van der Waals surface area contributed by atoms with Crippen LogP contribution >= 0.6 is 11.6 Å². The van der Waals surface area contributed by atoms with Crippen LogP contribution in [0.1, 0.15) is 53.0 Å². The van der Waals surface area contributed by atoms with E-state index < -0.39 is 0 Å². The van der Waals surface area contributed by atoms with Gasteiger partial charge < -0.3 is 4.57 Å². The third kappa shape index (κ3) is 5.20. The van der Waals surface area contributed by atoms with E-state index in [0.717, 1.165) is 53.0 Å². The Hall–Kier alpha value is -4.17. The fourth-order valence-corrected chi connectivity index (χ4v) is 4.63. The van der Waals surface area contributed by atoms with E-state index in [1.54, 1.807) is 6.07 Å². The first kappa shape index (κ1) is 24.5. The van der Waals surface area contributed by atoms with Crippen molar-refractivity contribution in [2.75, 3.05) is 0 Å². The maximum absolute atomic E-state index is 13.5. The molecular formula is C28H26ClN7O. The number of carbonyl (C=O) groups excluding carboxylic acids is 1. The van der Waals surface area contributed by atoms with Crippen molar-refractivity contribution >= 4 is 17.4 Å². The van der Waals surface area contributed by atoms with Crippen LogP contribution in [0.3, 0.4) is 0 Å². The van der Waals surface area contributed by atoms with Crippen molar-refractivity contribution in [2.24, 2.45) is 0 Å². The van der Waals surface area contributed by atoms with Crippen LogP contribution in [0.2, 0.25) is 5.15 Å². The number of aromatic amines is 1. The Bertz CT molecular complexity index is 1520. The average Bonchev–Trinajstić information content (AvgIpc) is 3.56. The summed E-state index contributed by atoms with van der Waals surface area (Å²) in [6, 6.07) is 21.6. The summed E-state index contributed by atoms with van der Waals surface area (Å²) in [5.41, 5.74) is 5.46. The van der Waals surface area contributed by atoms with Gasteiger partial charge in [-0.3, -0.25) is 4.79 Å². The fraction of sp³-hybridized carbons (Fsp3) is 0.214. The second-order valence-corrected chi connectivity index (χ2v) is 9.19. The zero-order valence-corrected chi connectivity index (χ0v) is 21.4. The predicted molar refractivity (Wildman–Crippen MR) is 142 cm³/mol. The molecule has 9 heteroatoms. The number of ketones is 1. The standard InChI is InChI=1S/C28H26ClN7O/c1-3-4-12-24-31-27(29)25(26(37)23-11-7-8-18(2)30-23)36(24)17-19-13-15-20(16-14-19)21-9-5-6-10-22(21)28-32-34-35-33-28/h5-11,13-16H,3-4,12,17H2,1-2H3,(H,32,33,34,35). The first-order valence-electron chi connectivity index (χ1n) is 12.2. The van der Waals surface area contributed by atoms with E-state index in [1.165, 1.54) is 0 Å². The van der Waals surface area contributed by atoms with Crippen LogP contribution in [0, 0.1) is 6.92 Å². The molecule has 0 saturated carbocycles. The summed E-state index contributed by atoms with van der Waals surface area (Å²) in [5.74, 6) is 1.12. The van der Waals surface area contributed by atoms with Gasteiger partial charge in [-0.1, -0.05) is 79.5 Å². The number of halogens is 1. The van der Waals surface area contributed by atoms with E-state index in [4.69, 9.17) is 11.6 Å². The first-order valence-corrected chi connectivity index (χ1v) is 12.6. The maximum atomic E-state index is 13.5. The zero-order chi connectivity index (χ0) is 25.8. The van der Waals surface area contributed by atoms with E-state index >= 15 is 0 Å². The summed E-state index contributed by atoms with van der Waals surface area (Å²) in [6.45, 7) is 4.46. The van der Waals surface area contributed by atoms with Crippen LogP contribution in [0.15, 0.2) is 66.7 Å². The highest BCUT2D eigenvalue weighted by molar-refractivity contribution is 6.33. The number of nitrogens with zero attached hydrogens (tertiary/aromatic N) is 6.